The number of aryl methyl sites for hydroxylation is 2. The quantitative estimate of drug-likeness (QED) is 0.400. The second-order valence-electron chi connectivity index (χ2n) is 8.18. The van der Waals surface area contributed by atoms with Crippen LogP contribution in [0.1, 0.15) is 38.3 Å². The fourth-order valence-electron chi connectivity index (χ4n) is 4.19. The van der Waals surface area contributed by atoms with Crippen LogP contribution in [0.2, 0.25) is 0 Å². The highest BCUT2D eigenvalue weighted by molar-refractivity contribution is 5.98. The van der Waals surface area contributed by atoms with Crippen LogP contribution in [0.15, 0.2) is 66.7 Å². The molecule has 164 valence electrons. The van der Waals surface area contributed by atoms with Gasteiger partial charge in [0, 0.05) is 36.1 Å². The summed E-state index contributed by atoms with van der Waals surface area (Å²) in [5, 5.41) is 14.6. The van der Waals surface area contributed by atoms with Crippen molar-refractivity contribution in [3.8, 4) is 5.75 Å². The van der Waals surface area contributed by atoms with Crippen LogP contribution in [0, 0.1) is 13.8 Å². The van der Waals surface area contributed by atoms with Gasteiger partial charge in [0.15, 0.2) is 0 Å². The molecular formula is C27H28N2O3. The van der Waals surface area contributed by atoms with Crippen LogP contribution in [-0.4, -0.2) is 22.8 Å². The number of nitrogens with zero attached hydrogens (tertiary/aromatic N) is 1. The maximum Gasteiger partial charge on any atom is 0.352 e. The minimum absolute atomic E-state index is 0.332. The third kappa shape index (κ3) is 4.53. The van der Waals surface area contributed by atoms with Crippen LogP contribution < -0.4 is 10.1 Å². The molecule has 0 aliphatic carbocycles. The molecular weight excluding hydrogens is 400 g/mol. The molecule has 0 aliphatic heterocycles. The Kier molecular flexibility index (Phi) is 6.28. The first kappa shape index (κ1) is 21.7. The highest BCUT2D eigenvalue weighted by Gasteiger charge is 2.22. The van der Waals surface area contributed by atoms with Gasteiger partial charge in [-0.1, -0.05) is 54.1 Å². The summed E-state index contributed by atoms with van der Waals surface area (Å²) < 4.78 is 7.16. The lowest BCUT2D eigenvalue weighted by Crippen LogP contribution is -2.17. The molecule has 0 amide bonds. The van der Waals surface area contributed by atoms with Crippen LogP contribution in [0.25, 0.3) is 10.9 Å². The molecule has 1 aromatic heterocycles. The Bertz CT molecular complexity index is 1260. The second kappa shape index (κ2) is 9.28. The van der Waals surface area contributed by atoms with Gasteiger partial charge in [0.25, 0.3) is 0 Å². The van der Waals surface area contributed by atoms with E-state index in [1.54, 1.807) is 7.11 Å². The number of aromatic carboxylic acids is 1. The van der Waals surface area contributed by atoms with Gasteiger partial charge < -0.3 is 19.7 Å². The van der Waals surface area contributed by atoms with Crippen molar-refractivity contribution < 1.29 is 14.6 Å². The number of carboxylic acid groups (broad SMARTS) is 1. The molecule has 5 heteroatoms. The molecule has 0 radical (unpaired) electrons. The first-order valence-electron chi connectivity index (χ1n) is 10.7. The number of carboxylic acids is 1. The molecule has 0 saturated heterocycles. The smallest absolute Gasteiger partial charge is 0.352 e. The molecule has 5 nitrogen and oxygen atoms in total. The van der Waals surface area contributed by atoms with Crippen molar-refractivity contribution in [2.24, 2.45) is 0 Å². The van der Waals surface area contributed by atoms with E-state index >= 15 is 0 Å². The summed E-state index contributed by atoms with van der Waals surface area (Å²) >= 11 is 0. The number of ether oxygens (including phenoxy) is 1. The number of aromatic nitrogens is 1. The zero-order valence-corrected chi connectivity index (χ0v) is 18.7. The first-order valence-corrected chi connectivity index (χ1v) is 10.7. The lowest BCUT2D eigenvalue weighted by Gasteiger charge is -2.11. The van der Waals surface area contributed by atoms with E-state index in [4.69, 9.17) is 4.74 Å². The van der Waals surface area contributed by atoms with Gasteiger partial charge in [0.1, 0.15) is 11.4 Å². The van der Waals surface area contributed by atoms with Crippen LogP contribution in [0.4, 0.5) is 0 Å². The van der Waals surface area contributed by atoms with E-state index < -0.39 is 5.97 Å². The van der Waals surface area contributed by atoms with Crippen LogP contribution in [0.5, 0.6) is 5.75 Å². The monoisotopic (exact) mass is 428 g/mol. The lowest BCUT2D eigenvalue weighted by atomic mass is 10.1. The van der Waals surface area contributed by atoms with E-state index in [9.17, 15) is 9.90 Å². The summed E-state index contributed by atoms with van der Waals surface area (Å²) in [5.74, 6) is -0.138. The molecule has 0 bridgehead atoms. The Balaban J connectivity index is 1.71. The number of methoxy groups -OCH3 is 1. The normalized spacial score (nSPS) is 11.1. The molecule has 0 saturated carbocycles. The number of rotatable bonds is 8. The molecule has 0 unspecified atom stereocenters. The van der Waals surface area contributed by atoms with Gasteiger partial charge >= 0.3 is 5.97 Å². The Morgan fingerprint density at radius 3 is 2.38 bits per heavy atom. The molecule has 2 N–H and O–H groups in total. The van der Waals surface area contributed by atoms with Gasteiger partial charge in [-0.3, -0.25) is 0 Å². The number of benzene rings is 3. The highest BCUT2D eigenvalue weighted by Crippen LogP contribution is 2.29. The molecule has 0 atom stereocenters. The van der Waals surface area contributed by atoms with E-state index in [1.165, 1.54) is 11.1 Å². The van der Waals surface area contributed by atoms with Crippen molar-refractivity contribution in [1.82, 2.24) is 9.88 Å². The highest BCUT2D eigenvalue weighted by atomic mass is 16.5. The topological polar surface area (TPSA) is 63.5 Å². The molecule has 3 aromatic carbocycles. The van der Waals surface area contributed by atoms with Crippen molar-refractivity contribution in [1.29, 1.82) is 0 Å². The zero-order chi connectivity index (χ0) is 22.7. The molecule has 0 aliphatic rings. The van der Waals surface area contributed by atoms with Gasteiger partial charge in [-0.05, 0) is 48.7 Å². The third-order valence-corrected chi connectivity index (χ3v) is 5.74. The molecule has 0 spiro atoms. The van der Waals surface area contributed by atoms with E-state index in [-0.39, 0.29) is 0 Å². The summed E-state index contributed by atoms with van der Waals surface area (Å²) in [6.07, 6.45) is 0. The van der Waals surface area contributed by atoms with Gasteiger partial charge in [-0.15, -0.1) is 0 Å². The Morgan fingerprint density at radius 2 is 1.69 bits per heavy atom. The number of hydrogen-bond acceptors (Lipinski definition) is 3. The van der Waals surface area contributed by atoms with Crippen LogP contribution in [0.3, 0.4) is 0 Å². The van der Waals surface area contributed by atoms with Gasteiger partial charge in [0.05, 0.1) is 7.11 Å². The number of fused-ring (bicyclic) bond motifs is 1. The number of hydrogen-bond donors (Lipinski definition) is 2. The number of carbonyl (C=O) groups is 1. The maximum atomic E-state index is 12.4. The lowest BCUT2D eigenvalue weighted by molar-refractivity contribution is 0.0684. The largest absolute Gasteiger partial charge is 0.497 e. The van der Waals surface area contributed by atoms with Crippen LogP contribution in [-0.2, 0) is 19.6 Å². The van der Waals surface area contributed by atoms with Crippen molar-refractivity contribution in [2.45, 2.75) is 33.5 Å². The standard InChI is InChI=1S/C27H28N2O3/c1-18-5-4-6-21(13-18)15-28-16-24-23-12-7-19(2)14-25(23)29(26(24)27(30)31)17-20-8-10-22(32-3)11-9-20/h4-14,28H,15-17H2,1-3H3,(H,30,31). The summed E-state index contributed by atoms with van der Waals surface area (Å²) in [5.41, 5.74) is 6.59. The minimum Gasteiger partial charge on any atom is -0.497 e. The average molecular weight is 429 g/mol. The summed E-state index contributed by atoms with van der Waals surface area (Å²) in [6, 6.07) is 22.2. The Labute approximate surface area is 188 Å². The van der Waals surface area contributed by atoms with Gasteiger partial charge in [0.2, 0.25) is 0 Å². The molecule has 4 rings (SSSR count). The molecule has 32 heavy (non-hydrogen) atoms. The van der Waals surface area contributed by atoms with E-state index in [1.807, 2.05) is 54.0 Å². The number of nitrogens with one attached hydrogen (secondary N) is 1. The van der Waals surface area contributed by atoms with Gasteiger partial charge in [-0.25, -0.2) is 4.79 Å². The zero-order valence-electron chi connectivity index (χ0n) is 18.7. The SMILES string of the molecule is COc1ccc(Cn2c(C(=O)O)c(CNCc3cccc(C)c3)c3ccc(C)cc32)cc1. The fourth-order valence-corrected chi connectivity index (χ4v) is 4.19. The van der Waals surface area contributed by atoms with Crippen molar-refractivity contribution in [3.63, 3.8) is 0 Å². The van der Waals surface area contributed by atoms with Crippen molar-refractivity contribution >= 4 is 16.9 Å². The predicted octanol–water partition coefficient (Wildman–Crippen LogP) is 5.30. The predicted molar refractivity (Wildman–Crippen MR) is 127 cm³/mol. The van der Waals surface area contributed by atoms with Gasteiger partial charge in [-0.2, -0.15) is 0 Å². The van der Waals surface area contributed by atoms with Crippen LogP contribution >= 0.6 is 0 Å². The van der Waals surface area contributed by atoms with Crippen molar-refractivity contribution in [3.05, 3.63) is 100 Å². The molecule has 0 fully saturated rings. The fraction of sp³-hybridized carbons (Fsp3) is 0.222. The summed E-state index contributed by atoms with van der Waals surface area (Å²) in [7, 11) is 1.63. The summed E-state index contributed by atoms with van der Waals surface area (Å²) in [6.45, 7) is 5.73. The molecule has 1 heterocycles. The van der Waals surface area contributed by atoms with E-state index in [0.29, 0.717) is 25.3 Å². The maximum absolute atomic E-state index is 12.4. The molecule has 4 aromatic rings. The average Bonchev–Trinajstić information content (AvgIpc) is 3.07. The van der Waals surface area contributed by atoms with E-state index in [0.717, 1.165) is 33.3 Å². The third-order valence-electron chi connectivity index (χ3n) is 5.74. The van der Waals surface area contributed by atoms with Crippen molar-refractivity contribution in [2.75, 3.05) is 7.11 Å². The Morgan fingerprint density at radius 1 is 0.938 bits per heavy atom. The minimum atomic E-state index is -0.917. The second-order valence-corrected chi connectivity index (χ2v) is 8.18. The van der Waals surface area contributed by atoms with E-state index in [2.05, 4.69) is 36.5 Å². The first-order chi connectivity index (χ1) is 15.5. The Hall–Kier alpha value is -3.57. The summed E-state index contributed by atoms with van der Waals surface area (Å²) in [4.78, 5) is 12.4.